The highest BCUT2D eigenvalue weighted by Crippen LogP contribution is 2.20. The lowest BCUT2D eigenvalue weighted by Gasteiger charge is -2.11. The first-order chi connectivity index (χ1) is 14.1. The van der Waals surface area contributed by atoms with Gasteiger partial charge in [-0.2, -0.15) is 0 Å². The largest absolute Gasteiger partial charge is 0.484 e. The summed E-state index contributed by atoms with van der Waals surface area (Å²) in [6.07, 6.45) is -0.151. The van der Waals surface area contributed by atoms with Crippen LogP contribution in [0.1, 0.15) is 23.1 Å². The molecule has 2 aromatic rings. The van der Waals surface area contributed by atoms with Gasteiger partial charge in [-0.1, -0.05) is 23.7 Å². The molecule has 0 saturated carbocycles. The Bertz CT molecular complexity index is 1040. The van der Waals surface area contributed by atoms with Crippen LogP contribution in [-0.2, 0) is 19.6 Å². The number of amides is 2. The Kier molecular flexibility index (Phi) is 8.22. The normalized spacial score (nSPS) is 11.1. The quantitative estimate of drug-likeness (QED) is 0.530. The van der Waals surface area contributed by atoms with Crippen LogP contribution in [0.25, 0.3) is 0 Å². The molecule has 0 saturated heterocycles. The molecule has 0 unspecified atom stereocenters. The second-order valence-electron chi connectivity index (χ2n) is 6.71. The molecule has 3 N–H and O–H groups in total. The Labute approximate surface area is 181 Å². The highest BCUT2D eigenvalue weighted by Gasteiger charge is 2.17. The number of hydrogen-bond acceptors (Lipinski definition) is 5. The van der Waals surface area contributed by atoms with E-state index in [1.807, 2.05) is 13.0 Å². The maximum absolute atomic E-state index is 12.4. The molecule has 162 valence electrons. The van der Waals surface area contributed by atoms with E-state index in [1.54, 1.807) is 44.2 Å². The minimum absolute atomic E-state index is 0.113. The van der Waals surface area contributed by atoms with E-state index in [4.69, 9.17) is 16.3 Å². The molecule has 0 bridgehead atoms. The van der Waals surface area contributed by atoms with Crippen LogP contribution in [0.5, 0.6) is 5.75 Å². The van der Waals surface area contributed by atoms with Gasteiger partial charge in [0.05, 0.1) is 4.90 Å². The molecule has 0 fully saturated rings. The smallest absolute Gasteiger partial charge is 0.276 e. The highest BCUT2D eigenvalue weighted by molar-refractivity contribution is 7.89. The first kappa shape index (κ1) is 23.7. The van der Waals surface area contributed by atoms with Gasteiger partial charge >= 0.3 is 0 Å². The second-order valence-corrected chi connectivity index (χ2v) is 8.86. The summed E-state index contributed by atoms with van der Waals surface area (Å²) in [5, 5.41) is 0.590. The standard InChI is InChI=1S/C20H24ClN3O5S/c1-13-4-5-14(2)18(10-13)30(27,28)22-9-8-19(25)23-24-20(26)12-29-16-6-7-17(21)15(3)11-16/h4-7,10-11,22H,8-9,12H2,1-3H3,(H,23,25)(H,24,26). The summed E-state index contributed by atoms with van der Waals surface area (Å²) in [6.45, 7) is 4.89. The van der Waals surface area contributed by atoms with Crippen LogP contribution in [0.15, 0.2) is 41.3 Å². The van der Waals surface area contributed by atoms with Crippen molar-refractivity contribution in [2.24, 2.45) is 0 Å². The monoisotopic (exact) mass is 453 g/mol. The van der Waals surface area contributed by atoms with Crippen LogP contribution in [-0.4, -0.2) is 33.4 Å². The van der Waals surface area contributed by atoms with E-state index >= 15 is 0 Å². The molecule has 0 aliphatic carbocycles. The maximum atomic E-state index is 12.4. The van der Waals surface area contributed by atoms with Crippen molar-refractivity contribution < 1.29 is 22.7 Å². The maximum Gasteiger partial charge on any atom is 0.276 e. The molecule has 0 heterocycles. The number of sulfonamides is 1. The van der Waals surface area contributed by atoms with Crippen molar-refractivity contribution in [1.82, 2.24) is 15.6 Å². The van der Waals surface area contributed by atoms with Gasteiger partial charge in [-0.3, -0.25) is 20.4 Å². The molecule has 2 rings (SSSR count). The third-order valence-electron chi connectivity index (χ3n) is 4.12. The van der Waals surface area contributed by atoms with Crippen LogP contribution in [0.4, 0.5) is 0 Å². The average molecular weight is 454 g/mol. The Hall–Kier alpha value is -2.62. The topological polar surface area (TPSA) is 114 Å². The van der Waals surface area contributed by atoms with Crippen molar-refractivity contribution in [2.45, 2.75) is 32.1 Å². The van der Waals surface area contributed by atoms with Gasteiger partial charge in [0.25, 0.3) is 5.91 Å². The van der Waals surface area contributed by atoms with Gasteiger partial charge in [0.15, 0.2) is 6.61 Å². The van der Waals surface area contributed by atoms with E-state index in [9.17, 15) is 18.0 Å². The molecule has 30 heavy (non-hydrogen) atoms. The number of carbonyl (C=O) groups excluding carboxylic acids is 2. The first-order valence-corrected chi connectivity index (χ1v) is 11.0. The summed E-state index contributed by atoms with van der Waals surface area (Å²) in [4.78, 5) is 23.8. The average Bonchev–Trinajstić information content (AvgIpc) is 2.69. The van der Waals surface area contributed by atoms with Crippen LogP contribution in [0.3, 0.4) is 0 Å². The Balaban J connectivity index is 1.73. The van der Waals surface area contributed by atoms with Gasteiger partial charge in [-0.05, 0) is 61.7 Å². The fraction of sp³-hybridized carbons (Fsp3) is 0.300. The summed E-state index contributed by atoms with van der Waals surface area (Å²) in [5.74, 6) is -0.638. The molecule has 10 heteroatoms. The number of hydrogen-bond donors (Lipinski definition) is 3. The number of benzene rings is 2. The van der Waals surface area contributed by atoms with Crippen molar-refractivity contribution in [2.75, 3.05) is 13.2 Å². The van der Waals surface area contributed by atoms with Gasteiger partial charge in [-0.15, -0.1) is 0 Å². The lowest BCUT2D eigenvalue weighted by atomic mass is 10.2. The van der Waals surface area contributed by atoms with Gasteiger partial charge < -0.3 is 4.74 Å². The van der Waals surface area contributed by atoms with Crippen LogP contribution < -0.4 is 20.3 Å². The molecule has 0 spiro atoms. The van der Waals surface area contributed by atoms with Crippen LogP contribution in [0.2, 0.25) is 5.02 Å². The zero-order valence-corrected chi connectivity index (χ0v) is 18.5. The number of halogens is 1. The lowest BCUT2D eigenvalue weighted by Crippen LogP contribution is -2.44. The molecular formula is C20H24ClN3O5S. The minimum atomic E-state index is -3.73. The molecule has 0 atom stereocenters. The lowest BCUT2D eigenvalue weighted by molar-refractivity contribution is -0.129. The molecule has 0 aromatic heterocycles. The van der Waals surface area contributed by atoms with E-state index in [1.165, 1.54) is 0 Å². The number of hydrazine groups is 1. The zero-order valence-electron chi connectivity index (χ0n) is 16.9. The molecular weight excluding hydrogens is 430 g/mol. The Morgan fingerprint density at radius 3 is 2.37 bits per heavy atom. The molecule has 2 aromatic carbocycles. The van der Waals surface area contributed by atoms with Crippen molar-refractivity contribution in [1.29, 1.82) is 0 Å². The number of aryl methyl sites for hydroxylation is 3. The number of ether oxygens (including phenoxy) is 1. The predicted molar refractivity (Wildman–Crippen MR) is 114 cm³/mol. The van der Waals surface area contributed by atoms with Crippen LogP contribution >= 0.6 is 11.6 Å². The van der Waals surface area contributed by atoms with Crippen LogP contribution in [0, 0.1) is 20.8 Å². The van der Waals surface area contributed by atoms with Gasteiger partial charge in [0.1, 0.15) is 5.75 Å². The van der Waals surface area contributed by atoms with Gasteiger partial charge in [0.2, 0.25) is 15.9 Å². The third kappa shape index (κ3) is 7.01. The third-order valence-corrected chi connectivity index (χ3v) is 6.15. The van der Waals surface area contributed by atoms with E-state index in [0.29, 0.717) is 16.3 Å². The number of carbonyl (C=O) groups is 2. The zero-order chi connectivity index (χ0) is 22.3. The SMILES string of the molecule is Cc1ccc(C)c(S(=O)(=O)NCCC(=O)NNC(=O)COc2ccc(Cl)c(C)c2)c1. The molecule has 0 aliphatic rings. The highest BCUT2D eigenvalue weighted by atomic mass is 35.5. The molecule has 2 amide bonds. The summed E-state index contributed by atoms with van der Waals surface area (Å²) in [6, 6.07) is 10.1. The summed E-state index contributed by atoms with van der Waals surface area (Å²) in [7, 11) is -3.73. The first-order valence-electron chi connectivity index (χ1n) is 9.12. The van der Waals surface area contributed by atoms with E-state index in [2.05, 4.69) is 15.6 Å². The van der Waals surface area contributed by atoms with Crippen molar-refractivity contribution in [3.63, 3.8) is 0 Å². The molecule has 0 aliphatic heterocycles. The summed E-state index contributed by atoms with van der Waals surface area (Å²) in [5.41, 5.74) is 6.66. The Morgan fingerprint density at radius 2 is 1.67 bits per heavy atom. The fourth-order valence-corrected chi connectivity index (χ4v) is 3.94. The summed E-state index contributed by atoms with van der Waals surface area (Å²) < 4.78 is 32.5. The number of nitrogens with one attached hydrogen (secondary N) is 3. The predicted octanol–water partition coefficient (Wildman–Crippen LogP) is 2.16. The van der Waals surface area contributed by atoms with Gasteiger partial charge in [0, 0.05) is 18.0 Å². The summed E-state index contributed by atoms with van der Waals surface area (Å²) >= 11 is 5.92. The second kappa shape index (κ2) is 10.4. The van der Waals surface area contributed by atoms with E-state index < -0.39 is 21.8 Å². The minimum Gasteiger partial charge on any atom is -0.484 e. The van der Waals surface area contributed by atoms with E-state index in [0.717, 1.165) is 11.1 Å². The Morgan fingerprint density at radius 1 is 0.967 bits per heavy atom. The van der Waals surface area contributed by atoms with Crippen molar-refractivity contribution >= 4 is 33.4 Å². The van der Waals surface area contributed by atoms with Gasteiger partial charge in [-0.25, -0.2) is 13.1 Å². The van der Waals surface area contributed by atoms with Crippen molar-refractivity contribution in [3.8, 4) is 5.75 Å². The molecule has 8 nitrogen and oxygen atoms in total. The fourth-order valence-electron chi connectivity index (χ4n) is 2.47. The number of rotatable bonds is 8. The van der Waals surface area contributed by atoms with Crippen molar-refractivity contribution in [3.05, 3.63) is 58.1 Å². The van der Waals surface area contributed by atoms with E-state index in [-0.39, 0.29) is 24.5 Å². The molecule has 0 radical (unpaired) electrons.